The van der Waals surface area contributed by atoms with Crippen LogP contribution in [0.2, 0.25) is 0 Å². The van der Waals surface area contributed by atoms with Gasteiger partial charge < -0.3 is 10.4 Å². The lowest BCUT2D eigenvalue weighted by Crippen LogP contribution is -2.34. The normalized spacial score (nSPS) is 18.7. The number of amides is 1. The Hall–Kier alpha value is -1.66. The molecule has 1 fully saturated rings. The largest absolute Gasteiger partial charge is 0.465 e. The Morgan fingerprint density at radius 2 is 2.42 bits per heavy atom. The number of H-pyrrole nitrogens is 1. The molecule has 1 saturated carbocycles. The molecule has 0 unspecified atom stereocenters. The van der Waals surface area contributed by atoms with Crippen molar-refractivity contribution in [2.24, 2.45) is 0 Å². The van der Waals surface area contributed by atoms with Crippen LogP contribution in [0.15, 0.2) is 0 Å². The number of aromatic amines is 1. The summed E-state index contributed by atoms with van der Waals surface area (Å²) in [5.74, 6) is 0.421. The van der Waals surface area contributed by atoms with E-state index in [4.69, 9.17) is 5.11 Å². The molecule has 1 aliphatic rings. The first kappa shape index (κ1) is 7.01. The van der Waals surface area contributed by atoms with Gasteiger partial charge in [0.1, 0.15) is 5.54 Å². The Kier molecular flexibility index (Phi) is 1.26. The van der Waals surface area contributed by atoms with Gasteiger partial charge in [-0.05, 0) is 12.8 Å². The third-order valence-electron chi connectivity index (χ3n) is 1.87. The molecule has 1 aliphatic carbocycles. The van der Waals surface area contributed by atoms with Crippen LogP contribution in [-0.2, 0) is 5.54 Å². The van der Waals surface area contributed by atoms with Crippen LogP contribution in [0.25, 0.3) is 0 Å². The van der Waals surface area contributed by atoms with E-state index in [1.165, 1.54) is 0 Å². The highest BCUT2D eigenvalue weighted by Gasteiger charge is 2.49. The lowest BCUT2D eigenvalue weighted by atomic mass is 10.2. The maximum atomic E-state index is 10.4. The minimum absolute atomic E-state index is 0.421. The van der Waals surface area contributed by atoms with Gasteiger partial charge in [0, 0.05) is 0 Å². The number of nitrogens with zero attached hydrogens (tertiary/aromatic N) is 3. The van der Waals surface area contributed by atoms with E-state index < -0.39 is 11.6 Å². The Bertz CT molecular complexity index is 291. The molecule has 1 aromatic rings. The second kappa shape index (κ2) is 2.16. The summed E-state index contributed by atoms with van der Waals surface area (Å²) in [6.45, 7) is 0. The van der Waals surface area contributed by atoms with Crippen LogP contribution in [-0.4, -0.2) is 31.8 Å². The quantitative estimate of drug-likeness (QED) is 0.551. The highest BCUT2D eigenvalue weighted by atomic mass is 16.4. The number of hydrogen-bond acceptors (Lipinski definition) is 4. The fourth-order valence-corrected chi connectivity index (χ4v) is 1.10. The summed E-state index contributed by atoms with van der Waals surface area (Å²) >= 11 is 0. The average molecular weight is 169 g/mol. The lowest BCUT2D eigenvalue weighted by Gasteiger charge is -2.08. The van der Waals surface area contributed by atoms with E-state index in [9.17, 15) is 4.79 Å². The summed E-state index contributed by atoms with van der Waals surface area (Å²) in [6.07, 6.45) is 0.412. The van der Waals surface area contributed by atoms with Crippen molar-refractivity contribution in [3.05, 3.63) is 5.82 Å². The topological polar surface area (TPSA) is 104 Å². The molecule has 1 amide bonds. The Labute approximate surface area is 67.2 Å². The molecule has 64 valence electrons. The van der Waals surface area contributed by atoms with Crippen LogP contribution in [0.1, 0.15) is 18.7 Å². The molecule has 0 radical (unpaired) electrons. The molecule has 1 aromatic heterocycles. The van der Waals surface area contributed by atoms with Gasteiger partial charge in [0.05, 0.1) is 0 Å². The molecule has 12 heavy (non-hydrogen) atoms. The van der Waals surface area contributed by atoms with Crippen molar-refractivity contribution >= 4 is 6.09 Å². The highest BCUT2D eigenvalue weighted by molar-refractivity contribution is 5.66. The highest BCUT2D eigenvalue weighted by Crippen LogP contribution is 2.43. The molecule has 0 aromatic carbocycles. The first-order chi connectivity index (χ1) is 5.73. The third-order valence-corrected chi connectivity index (χ3v) is 1.87. The van der Waals surface area contributed by atoms with E-state index in [2.05, 4.69) is 25.9 Å². The van der Waals surface area contributed by atoms with Crippen LogP contribution in [0.4, 0.5) is 4.79 Å². The number of hydrogen-bond donors (Lipinski definition) is 3. The summed E-state index contributed by atoms with van der Waals surface area (Å²) in [6, 6.07) is 0. The van der Waals surface area contributed by atoms with E-state index >= 15 is 0 Å². The maximum absolute atomic E-state index is 10.4. The molecule has 1 heterocycles. The van der Waals surface area contributed by atoms with Crippen LogP contribution in [0.5, 0.6) is 0 Å². The van der Waals surface area contributed by atoms with Gasteiger partial charge in [-0.2, -0.15) is 5.21 Å². The molecular formula is C5H7N5O2. The molecule has 0 atom stereocenters. The van der Waals surface area contributed by atoms with Gasteiger partial charge in [-0.3, -0.25) is 0 Å². The summed E-state index contributed by atoms with van der Waals surface area (Å²) in [4.78, 5) is 10.4. The molecule has 2 rings (SSSR count). The standard InChI is InChI=1S/C5H7N5O2/c11-4(12)6-5(1-2-5)3-7-9-10-8-3/h6H,1-2H2,(H,11,12)(H,7,8,9,10). The monoisotopic (exact) mass is 169 g/mol. The minimum Gasteiger partial charge on any atom is -0.465 e. The van der Waals surface area contributed by atoms with E-state index in [1.807, 2.05) is 0 Å². The van der Waals surface area contributed by atoms with Crippen LogP contribution in [0, 0.1) is 0 Å². The van der Waals surface area contributed by atoms with Gasteiger partial charge in [0.25, 0.3) is 0 Å². The molecule has 7 nitrogen and oxygen atoms in total. The lowest BCUT2D eigenvalue weighted by molar-refractivity contribution is 0.187. The molecule has 7 heteroatoms. The summed E-state index contributed by atoms with van der Waals surface area (Å²) in [7, 11) is 0. The van der Waals surface area contributed by atoms with Gasteiger partial charge in [0.2, 0.25) is 0 Å². The molecule has 0 aliphatic heterocycles. The zero-order valence-electron chi connectivity index (χ0n) is 6.11. The first-order valence-corrected chi connectivity index (χ1v) is 3.48. The van der Waals surface area contributed by atoms with Crippen LogP contribution in [0.3, 0.4) is 0 Å². The zero-order chi connectivity index (χ0) is 8.60. The SMILES string of the molecule is O=C(O)NC1(c2nn[nH]n2)CC1. The molecule has 3 N–H and O–H groups in total. The first-order valence-electron chi connectivity index (χ1n) is 3.48. The van der Waals surface area contributed by atoms with Gasteiger partial charge in [-0.1, -0.05) is 5.21 Å². The predicted octanol–water partition coefficient (Wildman–Crippen LogP) is -0.544. The number of carboxylic acid groups (broad SMARTS) is 1. The number of aromatic nitrogens is 4. The van der Waals surface area contributed by atoms with Gasteiger partial charge in [-0.15, -0.1) is 10.2 Å². The van der Waals surface area contributed by atoms with Gasteiger partial charge in [0.15, 0.2) is 5.82 Å². The fourth-order valence-electron chi connectivity index (χ4n) is 1.10. The summed E-state index contributed by atoms with van der Waals surface area (Å²) < 4.78 is 0. The zero-order valence-corrected chi connectivity index (χ0v) is 6.11. The van der Waals surface area contributed by atoms with Gasteiger partial charge >= 0.3 is 6.09 Å². The average Bonchev–Trinajstić information content (AvgIpc) is 2.61. The Morgan fingerprint density at radius 1 is 1.67 bits per heavy atom. The fraction of sp³-hybridized carbons (Fsp3) is 0.600. The summed E-state index contributed by atoms with van der Waals surface area (Å²) in [5, 5.41) is 24.0. The Balaban J connectivity index is 2.17. The second-order valence-electron chi connectivity index (χ2n) is 2.75. The van der Waals surface area contributed by atoms with Gasteiger partial charge in [-0.25, -0.2) is 4.79 Å². The number of nitrogens with one attached hydrogen (secondary N) is 2. The van der Waals surface area contributed by atoms with Crippen molar-refractivity contribution in [1.29, 1.82) is 0 Å². The van der Waals surface area contributed by atoms with Crippen molar-refractivity contribution < 1.29 is 9.90 Å². The predicted molar refractivity (Wildman–Crippen MR) is 36.3 cm³/mol. The summed E-state index contributed by atoms with van der Waals surface area (Å²) in [5.41, 5.74) is -0.571. The van der Waals surface area contributed by atoms with Crippen molar-refractivity contribution in [1.82, 2.24) is 25.9 Å². The third kappa shape index (κ3) is 0.987. The van der Waals surface area contributed by atoms with E-state index in [-0.39, 0.29) is 0 Å². The Morgan fingerprint density at radius 3 is 2.83 bits per heavy atom. The van der Waals surface area contributed by atoms with Crippen molar-refractivity contribution in [2.75, 3.05) is 0 Å². The van der Waals surface area contributed by atoms with Crippen molar-refractivity contribution in [3.63, 3.8) is 0 Å². The number of rotatable bonds is 2. The van der Waals surface area contributed by atoms with E-state index in [0.29, 0.717) is 5.82 Å². The number of carbonyl (C=O) groups is 1. The minimum atomic E-state index is -1.06. The molecule has 0 saturated heterocycles. The van der Waals surface area contributed by atoms with Crippen LogP contribution < -0.4 is 5.32 Å². The molecular weight excluding hydrogens is 162 g/mol. The second-order valence-corrected chi connectivity index (χ2v) is 2.75. The van der Waals surface area contributed by atoms with Crippen LogP contribution >= 0.6 is 0 Å². The smallest absolute Gasteiger partial charge is 0.405 e. The van der Waals surface area contributed by atoms with E-state index in [0.717, 1.165) is 12.8 Å². The van der Waals surface area contributed by atoms with E-state index in [1.54, 1.807) is 0 Å². The van der Waals surface area contributed by atoms with Crippen molar-refractivity contribution in [2.45, 2.75) is 18.4 Å². The number of tetrazole rings is 1. The molecule has 0 spiro atoms. The maximum Gasteiger partial charge on any atom is 0.405 e. The molecule has 0 bridgehead atoms. The van der Waals surface area contributed by atoms with Crippen molar-refractivity contribution in [3.8, 4) is 0 Å².